The number of hydrogen-bond acceptors (Lipinski definition) is 4. The summed E-state index contributed by atoms with van der Waals surface area (Å²) in [6.45, 7) is 1.68. The fourth-order valence-electron chi connectivity index (χ4n) is 2.26. The number of aliphatic hydroxyl groups excluding tert-OH is 1. The van der Waals surface area contributed by atoms with E-state index < -0.39 is 22.2 Å². The molecule has 2 aromatic carbocycles. The SMILES string of the molecule is COc1ccc(S(=O)(=O)N(C)C(C)C(O)c2ccccc2)cc1. The zero-order valence-corrected chi connectivity index (χ0v) is 14.2. The standard InChI is InChI=1S/C17H21NO4S/c1-13(17(19)14-7-5-4-6-8-14)18(2)23(20,21)16-11-9-15(22-3)10-12-16/h4-13,17,19H,1-3H3. The third-order valence-corrected chi connectivity index (χ3v) is 5.87. The molecule has 5 nitrogen and oxygen atoms in total. The van der Waals surface area contributed by atoms with Crippen LogP contribution in [-0.4, -0.2) is 38.0 Å². The lowest BCUT2D eigenvalue weighted by Gasteiger charge is -2.28. The summed E-state index contributed by atoms with van der Waals surface area (Å²) in [6.07, 6.45) is -0.908. The molecule has 2 unspecified atom stereocenters. The van der Waals surface area contributed by atoms with Crippen molar-refractivity contribution in [3.63, 3.8) is 0 Å². The van der Waals surface area contributed by atoms with Gasteiger partial charge in [-0.25, -0.2) is 8.42 Å². The average Bonchev–Trinajstić information content (AvgIpc) is 2.60. The Labute approximate surface area is 137 Å². The van der Waals surface area contributed by atoms with Gasteiger partial charge in [0.15, 0.2) is 0 Å². The molecule has 0 amide bonds. The van der Waals surface area contributed by atoms with Crippen LogP contribution in [-0.2, 0) is 10.0 Å². The quantitative estimate of drug-likeness (QED) is 0.880. The molecule has 0 aliphatic rings. The van der Waals surface area contributed by atoms with E-state index in [0.717, 1.165) is 0 Å². The van der Waals surface area contributed by atoms with Crippen molar-refractivity contribution in [2.75, 3.05) is 14.2 Å². The van der Waals surface area contributed by atoms with E-state index in [1.54, 1.807) is 31.2 Å². The Morgan fingerprint density at radius 1 is 1.04 bits per heavy atom. The summed E-state index contributed by atoms with van der Waals surface area (Å²) in [5.41, 5.74) is 0.678. The molecule has 0 aliphatic heterocycles. The molecule has 0 heterocycles. The molecule has 0 fully saturated rings. The fourth-order valence-corrected chi connectivity index (χ4v) is 3.63. The van der Waals surface area contributed by atoms with Gasteiger partial charge in [-0.3, -0.25) is 0 Å². The van der Waals surface area contributed by atoms with Gasteiger partial charge < -0.3 is 9.84 Å². The normalized spacial score (nSPS) is 14.5. The van der Waals surface area contributed by atoms with Crippen LogP contribution in [0.2, 0.25) is 0 Å². The first-order chi connectivity index (χ1) is 10.9. The zero-order chi connectivity index (χ0) is 17.0. The summed E-state index contributed by atoms with van der Waals surface area (Å²) in [4.78, 5) is 0.160. The molecule has 0 radical (unpaired) electrons. The van der Waals surface area contributed by atoms with Gasteiger partial charge in [-0.15, -0.1) is 0 Å². The number of nitrogens with zero attached hydrogens (tertiary/aromatic N) is 1. The predicted molar refractivity (Wildman–Crippen MR) is 88.8 cm³/mol. The Balaban J connectivity index is 2.24. The summed E-state index contributed by atoms with van der Waals surface area (Å²) in [5, 5.41) is 10.4. The smallest absolute Gasteiger partial charge is 0.243 e. The first-order valence-corrected chi connectivity index (χ1v) is 8.67. The molecule has 0 saturated carbocycles. The minimum absolute atomic E-state index is 0.160. The lowest BCUT2D eigenvalue weighted by molar-refractivity contribution is 0.108. The molecule has 124 valence electrons. The van der Waals surface area contributed by atoms with Crippen LogP contribution in [0.1, 0.15) is 18.6 Å². The third kappa shape index (κ3) is 3.72. The van der Waals surface area contributed by atoms with Crippen LogP contribution >= 0.6 is 0 Å². The summed E-state index contributed by atoms with van der Waals surface area (Å²) >= 11 is 0. The molecule has 0 aliphatic carbocycles. The van der Waals surface area contributed by atoms with E-state index in [1.165, 1.54) is 30.6 Å². The lowest BCUT2D eigenvalue weighted by Crippen LogP contribution is -2.39. The van der Waals surface area contributed by atoms with Gasteiger partial charge in [0.05, 0.1) is 24.2 Å². The number of methoxy groups -OCH3 is 1. The number of aliphatic hydroxyl groups is 1. The molecule has 2 atom stereocenters. The van der Waals surface area contributed by atoms with Crippen LogP contribution < -0.4 is 4.74 Å². The second-order valence-electron chi connectivity index (χ2n) is 5.29. The van der Waals surface area contributed by atoms with Crippen molar-refractivity contribution in [3.8, 4) is 5.75 Å². The largest absolute Gasteiger partial charge is 0.497 e. The van der Waals surface area contributed by atoms with E-state index in [0.29, 0.717) is 11.3 Å². The Bertz CT molecular complexity index is 729. The van der Waals surface area contributed by atoms with Crippen molar-refractivity contribution in [1.82, 2.24) is 4.31 Å². The van der Waals surface area contributed by atoms with Crippen LogP contribution in [0.5, 0.6) is 5.75 Å². The molecule has 23 heavy (non-hydrogen) atoms. The maximum Gasteiger partial charge on any atom is 0.243 e. The molecule has 0 spiro atoms. The molecule has 1 N–H and O–H groups in total. The van der Waals surface area contributed by atoms with Gasteiger partial charge in [0.2, 0.25) is 10.0 Å². The van der Waals surface area contributed by atoms with Gasteiger partial charge in [0.25, 0.3) is 0 Å². The van der Waals surface area contributed by atoms with E-state index >= 15 is 0 Å². The zero-order valence-electron chi connectivity index (χ0n) is 13.4. The second kappa shape index (κ2) is 7.12. The Kier molecular flexibility index (Phi) is 5.41. The second-order valence-corrected chi connectivity index (χ2v) is 7.29. The van der Waals surface area contributed by atoms with Crippen LogP contribution in [0.25, 0.3) is 0 Å². The number of likely N-dealkylation sites (N-methyl/N-ethyl adjacent to an activating group) is 1. The number of rotatable bonds is 6. The molecular weight excluding hydrogens is 314 g/mol. The van der Waals surface area contributed by atoms with Crippen LogP contribution in [0.4, 0.5) is 0 Å². The predicted octanol–water partition coefficient (Wildman–Crippen LogP) is 2.44. The number of hydrogen-bond donors (Lipinski definition) is 1. The topological polar surface area (TPSA) is 66.8 Å². The van der Waals surface area contributed by atoms with Gasteiger partial charge in [-0.05, 0) is 36.8 Å². The highest BCUT2D eigenvalue weighted by molar-refractivity contribution is 7.89. The Morgan fingerprint density at radius 2 is 1.61 bits per heavy atom. The highest BCUT2D eigenvalue weighted by atomic mass is 32.2. The van der Waals surface area contributed by atoms with E-state index in [4.69, 9.17) is 4.74 Å². The number of sulfonamides is 1. The fraction of sp³-hybridized carbons (Fsp3) is 0.294. The van der Waals surface area contributed by atoms with Crippen molar-refractivity contribution in [1.29, 1.82) is 0 Å². The lowest BCUT2D eigenvalue weighted by atomic mass is 10.0. The van der Waals surface area contributed by atoms with Crippen molar-refractivity contribution in [2.24, 2.45) is 0 Å². The van der Waals surface area contributed by atoms with Gasteiger partial charge in [0, 0.05) is 7.05 Å². The molecule has 0 saturated heterocycles. The molecule has 6 heteroatoms. The molecule has 0 bridgehead atoms. The van der Waals surface area contributed by atoms with Gasteiger partial charge in [-0.2, -0.15) is 4.31 Å². The highest BCUT2D eigenvalue weighted by Crippen LogP contribution is 2.25. The maximum atomic E-state index is 12.7. The monoisotopic (exact) mass is 335 g/mol. The summed E-state index contributed by atoms with van der Waals surface area (Å²) in [7, 11) is -0.708. The number of ether oxygens (including phenoxy) is 1. The minimum Gasteiger partial charge on any atom is -0.497 e. The summed E-state index contributed by atoms with van der Waals surface area (Å²) in [6, 6.07) is 14.6. The van der Waals surface area contributed by atoms with Crippen molar-refractivity contribution in [3.05, 3.63) is 60.2 Å². The van der Waals surface area contributed by atoms with Crippen molar-refractivity contribution >= 4 is 10.0 Å². The molecular formula is C17H21NO4S. The average molecular weight is 335 g/mol. The highest BCUT2D eigenvalue weighted by Gasteiger charge is 2.30. The molecule has 2 rings (SSSR count). The van der Waals surface area contributed by atoms with Crippen LogP contribution in [0.3, 0.4) is 0 Å². The van der Waals surface area contributed by atoms with Crippen molar-refractivity contribution in [2.45, 2.75) is 24.0 Å². The first-order valence-electron chi connectivity index (χ1n) is 7.23. The number of benzene rings is 2. The van der Waals surface area contributed by atoms with E-state index in [9.17, 15) is 13.5 Å². The van der Waals surface area contributed by atoms with Gasteiger partial charge >= 0.3 is 0 Å². The summed E-state index contributed by atoms with van der Waals surface area (Å²) < 4.78 is 31.6. The van der Waals surface area contributed by atoms with Gasteiger partial charge in [0.1, 0.15) is 5.75 Å². The molecule has 0 aromatic heterocycles. The molecule has 2 aromatic rings. The van der Waals surface area contributed by atoms with E-state index in [1.807, 2.05) is 18.2 Å². The van der Waals surface area contributed by atoms with Crippen LogP contribution in [0, 0.1) is 0 Å². The van der Waals surface area contributed by atoms with Crippen LogP contribution in [0.15, 0.2) is 59.5 Å². The van der Waals surface area contributed by atoms with Gasteiger partial charge in [-0.1, -0.05) is 30.3 Å². The minimum atomic E-state index is -3.70. The van der Waals surface area contributed by atoms with E-state index in [-0.39, 0.29) is 4.90 Å². The maximum absolute atomic E-state index is 12.7. The third-order valence-electron chi connectivity index (χ3n) is 3.91. The Morgan fingerprint density at radius 3 is 2.13 bits per heavy atom. The Hall–Kier alpha value is -1.89. The summed E-state index contributed by atoms with van der Waals surface area (Å²) in [5.74, 6) is 0.587. The first kappa shape index (κ1) is 17.5. The van der Waals surface area contributed by atoms with Crippen molar-refractivity contribution < 1.29 is 18.3 Å². The van der Waals surface area contributed by atoms with E-state index in [2.05, 4.69) is 0 Å².